The fourth-order valence-corrected chi connectivity index (χ4v) is 3.88. The van der Waals surface area contributed by atoms with E-state index in [1.54, 1.807) is 6.92 Å². The number of aryl methyl sites for hydroxylation is 1. The van der Waals surface area contributed by atoms with Crippen LogP contribution in [0.25, 0.3) is 10.8 Å². The van der Waals surface area contributed by atoms with Gasteiger partial charge in [-0.25, -0.2) is 4.63 Å². The van der Waals surface area contributed by atoms with Gasteiger partial charge in [0, 0.05) is 25.2 Å². The van der Waals surface area contributed by atoms with E-state index in [1.807, 2.05) is 47.4 Å². The zero-order chi connectivity index (χ0) is 20.2. The highest BCUT2D eigenvalue weighted by Gasteiger charge is 2.25. The second-order valence-electron chi connectivity index (χ2n) is 7.56. The summed E-state index contributed by atoms with van der Waals surface area (Å²) in [7, 11) is 0. The Kier molecular flexibility index (Phi) is 5.55. The summed E-state index contributed by atoms with van der Waals surface area (Å²) < 4.78 is 4.67. The van der Waals surface area contributed by atoms with Crippen molar-refractivity contribution in [3.8, 4) is 0 Å². The molecule has 2 aromatic carbocycles. The quantitative estimate of drug-likeness (QED) is 0.721. The van der Waals surface area contributed by atoms with Crippen molar-refractivity contribution in [1.82, 2.24) is 20.5 Å². The molecule has 1 saturated heterocycles. The van der Waals surface area contributed by atoms with Gasteiger partial charge in [0.15, 0.2) is 0 Å². The predicted molar refractivity (Wildman–Crippen MR) is 108 cm³/mol. The Morgan fingerprint density at radius 1 is 1.17 bits per heavy atom. The fourth-order valence-electron chi connectivity index (χ4n) is 3.88. The maximum Gasteiger partial charge on any atom is 0.251 e. The molecule has 1 aliphatic rings. The third-order valence-corrected chi connectivity index (χ3v) is 5.52. The summed E-state index contributed by atoms with van der Waals surface area (Å²) in [5.41, 5.74) is 1.91. The van der Waals surface area contributed by atoms with Crippen LogP contribution in [-0.4, -0.2) is 46.7 Å². The van der Waals surface area contributed by atoms with Crippen molar-refractivity contribution in [2.45, 2.75) is 26.2 Å². The summed E-state index contributed by atoms with van der Waals surface area (Å²) in [6, 6.07) is 13.6. The molecule has 0 radical (unpaired) electrons. The predicted octanol–water partition coefficient (Wildman–Crippen LogP) is 2.74. The molecule has 1 atom stereocenters. The fraction of sp³-hybridized carbons (Fsp3) is 0.364. The zero-order valence-corrected chi connectivity index (χ0v) is 16.4. The Hall–Kier alpha value is -3.22. The number of carbonyl (C=O) groups is 2. The molecule has 0 bridgehead atoms. The molecular formula is C22H24N4O3. The van der Waals surface area contributed by atoms with Crippen LogP contribution in [0, 0.1) is 12.8 Å². The average Bonchev–Trinajstić information content (AvgIpc) is 3.16. The number of benzene rings is 2. The van der Waals surface area contributed by atoms with Gasteiger partial charge in [-0.15, -0.1) is 0 Å². The highest BCUT2D eigenvalue weighted by molar-refractivity contribution is 6.07. The Bertz CT molecular complexity index is 1020. The zero-order valence-electron chi connectivity index (χ0n) is 16.4. The first-order valence-corrected chi connectivity index (χ1v) is 9.93. The molecule has 0 aliphatic carbocycles. The monoisotopic (exact) mass is 392 g/mol. The Balaban J connectivity index is 1.35. The maximum atomic E-state index is 12.7. The first-order valence-electron chi connectivity index (χ1n) is 9.93. The molecule has 1 aromatic heterocycles. The number of likely N-dealkylation sites (tertiary alicyclic amines) is 1. The Labute approximate surface area is 169 Å². The van der Waals surface area contributed by atoms with E-state index in [-0.39, 0.29) is 24.2 Å². The minimum Gasteiger partial charge on any atom is -0.352 e. The lowest BCUT2D eigenvalue weighted by atomic mass is 9.97. The topological polar surface area (TPSA) is 88.3 Å². The SMILES string of the molecule is Cc1nonc1CC(=O)N1CCCC(CNC(=O)c2cccc3ccccc23)C1. The molecule has 1 fully saturated rings. The van der Waals surface area contributed by atoms with Crippen molar-refractivity contribution >= 4 is 22.6 Å². The van der Waals surface area contributed by atoms with E-state index in [9.17, 15) is 9.59 Å². The van der Waals surface area contributed by atoms with Crippen LogP contribution in [0.3, 0.4) is 0 Å². The lowest BCUT2D eigenvalue weighted by molar-refractivity contribution is -0.132. The van der Waals surface area contributed by atoms with Gasteiger partial charge in [0.1, 0.15) is 11.4 Å². The van der Waals surface area contributed by atoms with Crippen molar-refractivity contribution in [2.24, 2.45) is 5.92 Å². The van der Waals surface area contributed by atoms with Gasteiger partial charge < -0.3 is 10.2 Å². The third kappa shape index (κ3) is 4.29. The molecule has 7 heteroatoms. The van der Waals surface area contributed by atoms with Gasteiger partial charge in [0.2, 0.25) is 5.91 Å². The van der Waals surface area contributed by atoms with Gasteiger partial charge in [-0.3, -0.25) is 9.59 Å². The van der Waals surface area contributed by atoms with Crippen LogP contribution in [0.2, 0.25) is 0 Å². The molecule has 2 amide bonds. The Morgan fingerprint density at radius 3 is 2.83 bits per heavy atom. The van der Waals surface area contributed by atoms with Crippen molar-refractivity contribution in [3.63, 3.8) is 0 Å². The number of rotatable bonds is 5. The number of fused-ring (bicyclic) bond motifs is 1. The van der Waals surface area contributed by atoms with E-state index in [0.29, 0.717) is 30.0 Å². The first-order chi connectivity index (χ1) is 14.1. The summed E-state index contributed by atoms with van der Waals surface area (Å²) in [6.45, 7) is 3.70. The van der Waals surface area contributed by atoms with Gasteiger partial charge in [0.25, 0.3) is 5.91 Å². The summed E-state index contributed by atoms with van der Waals surface area (Å²) in [6.07, 6.45) is 2.12. The normalized spacial score (nSPS) is 16.7. The minimum atomic E-state index is -0.0745. The highest BCUT2D eigenvalue weighted by Crippen LogP contribution is 2.20. The van der Waals surface area contributed by atoms with E-state index in [1.165, 1.54) is 0 Å². The smallest absolute Gasteiger partial charge is 0.251 e. The van der Waals surface area contributed by atoms with Gasteiger partial charge in [0.05, 0.1) is 6.42 Å². The average molecular weight is 392 g/mol. The van der Waals surface area contributed by atoms with Gasteiger partial charge in [-0.05, 0) is 42.5 Å². The number of nitrogens with one attached hydrogen (secondary N) is 1. The molecule has 29 heavy (non-hydrogen) atoms. The van der Waals surface area contributed by atoms with Crippen molar-refractivity contribution in [2.75, 3.05) is 19.6 Å². The van der Waals surface area contributed by atoms with Crippen LogP contribution < -0.4 is 5.32 Å². The molecule has 0 spiro atoms. The van der Waals surface area contributed by atoms with Crippen LogP contribution in [-0.2, 0) is 11.2 Å². The summed E-state index contributed by atoms with van der Waals surface area (Å²) in [4.78, 5) is 27.2. The number of amides is 2. The van der Waals surface area contributed by atoms with Crippen LogP contribution in [0.1, 0.15) is 34.6 Å². The standard InChI is InChI=1S/C22H24N4O3/c1-15-20(25-29-24-15)12-21(27)26-11-5-6-16(14-26)13-23-22(28)19-10-4-8-17-7-2-3-9-18(17)19/h2-4,7-10,16H,5-6,11-14H2,1H3,(H,23,28). The third-order valence-electron chi connectivity index (χ3n) is 5.52. The number of hydrogen-bond donors (Lipinski definition) is 1. The molecule has 7 nitrogen and oxygen atoms in total. The molecule has 4 rings (SSSR count). The van der Waals surface area contributed by atoms with Crippen molar-refractivity contribution in [1.29, 1.82) is 0 Å². The summed E-state index contributed by atoms with van der Waals surface area (Å²) in [5, 5.41) is 12.6. The second kappa shape index (κ2) is 8.43. The van der Waals surface area contributed by atoms with E-state index in [2.05, 4.69) is 20.3 Å². The molecule has 1 N–H and O–H groups in total. The van der Waals surface area contributed by atoms with Crippen molar-refractivity contribution < 1.29 is 14.2 Å². The first kappa shape index (κ1) is 19.1. The maximum absolute atomic E-state index is 12.7. The lowest BCUT2D eigenvalue weighted by Gasteiger charge is -2.32. The van der Waals surface area contributed by atoms with E-state index < -0.39 is 0 Å². The Morgan fingerprint density at radius 2 is 2.00 bits per heavy atom. The number of carbonyl (C=O) groups excluding carboxylic acids is 2. The van der Waals surface area contributed by atoms with Crippen LogP contribution in [0.5, 0.6) is 0 Å². The highest BCUT2D eigenvalue weighted by atomic mass is 16.6. The van der Waals surface area contributed by atoms with Crippen LogP contribution in [0.4, 0.5) is 0 Å². The van der Waals surface area contributed by atoms with Gasteiger partial charge in [-0.1, -0.05) is 46.7 Å². The number of hydrogen-bond acceptors (Lipinski definition) is 5. The summed E-state index contributed by atoms with van der Waals surface area (Å²) >= 11 is 0. The summed E-state index contributed by atoms with van der Waals surface area (Å²) in [5.74, 6) is 0.187. The van der Waals surface area contributed by atoms with Crippen molar-refractivity contribution in [3.05, 3.63) is 59.4 Å². The molecule has 1 aliphatic heterocycles. The number of nitrogens with zero attached hydrogens (tertiary/aromatic N) is 3. The molecule has 0 saturated carbocycles. The number of aromatic nitrogens is 2. The molecule has 3 aromatic rings. The molecule has 2 heterocycles. The van der Waals surface area contributed by atoms with Crippen LogP contribution in [0.15, 0.2) is 47.1 Å². The van der Waals surface area contributed by atoms with Crippen LogP contribution >= 0.6 is 0 Å². The van der Waals surface area contributed by atoms with E-state index in [4.69, 9.17) is 0 Å². The molecular weight excluding hydrogens is 368 g/mol. The molecule has 150 valence electrons. The molecule has 1 unspecified atom stereocenters. The lowest BCUT2D eigenvalue weighted by Crippen LogP contribution is -2.44. The minimum absolute atomic E-state index is 0.0221. The van der Waals surface area contributed by atoms with Gasteiger partial charge >= 0.3 is 0 Å². The van der Waals surface area contributed by atoms with Gasteiger partial charge in [-0.2, -0.15) is 0 Å². The van der Waals surface area contributed by atoms with E-state index in [0.717, 1.165) is 30.2 Å². The second-order valence-corrected chi connectivity index (χ2v) is 7.56. The largest absolute Gasteiger partial charge is 0.352 e. The number of piperidine rings is 1. The van der Waals surface area contributed by atoms with E-state index >= 15 is 0 Å².